The van der Waals surface area contributed by atoms with Gasteiger partial charge in [-0.1, -0.05) is 66.7 Å². The van der Waals surface area contributed by atoms with E-state index in [-0.39, 0.29) is 28.2 Å². The van der Waals surface area contributed by atoms with Crippen LogP contribution in [0.3, 0.4) is 0 Å². The maximum atomic E-state index is 13.0. The van der Waals surface area contributed by atoms with Gasteiger partial charge in [-0.15, -0.1) is 0 Å². The van der Waals surface area contributed by atoms with Gasteiger partial charge in [0.15, 0.2) is 22.7 Å². The van der Waals surface area contributed by atoms with E-state index in [2.05, 4.69) is 67.7 Å². The smallest absolute Gasteiger partial charge is 0.338 e. The lowest BCUT2D eigenvalue weighted by Crippen LogP contribution is -2.55. The van der Waals surface area contributed by atoms with E-state index in [1.54, 1.807) is 24.3 Å². The molecule has 0 bridgehead atoms. The first-order chi connectivity index (χ1) is 16.8. The van der Waals surface area contributed by atoms with Crippen LogP contribution in [0.15, 0.2) is 30.3 Å². The van der Waals surface area contributed by atoms with Gasteiger partial charge >= 0.3 is 5.97 Å². The first kappa shape index (κ1) is 32.1. The SMILES string of the molecule is C[C@H]([C@@H](O[Si](C)(C)C(C)(C)C)[C@H](OC(=O)c1ccccc1)[C@H](O)CO)[C@@H]1O[C@@H]1CO[Si](C)(C)C(C)(C)C. The van der Waals surface area contributed by atoms with Crippen LogP contribution in [0.1, 0.15) is 58.8 Å². The molecular weight excluding hydrogens is 504 g/mol. The van der Waals surface area contributed by atoms with E-state index in [1.807, 2.05) is 13.0 Å². The summed E-state index contributed by atoms with van der Waals surface area (Å²) in [5, 5.41) is 20.7. The second-order valence-corrected chi connectivity index (χ2v) is 23.0. The Morgan fingerprint density at radius 2 is 1.51 bits per heavy atom. The van der Waals surface area contributed by atoms with Gasteiger partial charge < -0.3 is 28.5 Å². The zero-order chi connectivity index (χ0) is 28.4. The summed E-state index contributed by atoms with van der Waals surface area (Å²) in [6, 6.07) is 8.65. The van der Waals surface area contributed by atoms with E-state index < -0.39 is 47.5 Å². The molecule has 1 fully saturated rings. The molecule has 0 radical (unpaired) electrons. The summed E-state index contributed by atoms with van der Waals surface area (Å²) >= 11 is 0. The lowest BCUT2D eigenvalue weighted by Gasteiger charge is -2.43. The second-order valence-electron chi connectivity index (χ2n) is 13.4. The van der Waals surface area contributed by atoms with E-state index in [1.165, 1.54) is 0 Å². The molecule has 2 N–H and O–H groups in total. The number of ether oxygens (including phenoxy) is 2. The molecule has 37 heavy (non-hydrogen) atoms. The molecule has 1 saturated heterocycles. The van der Waals surface area contributed by atoms with Crippen molar-refractivity contribution < 1.29 is 33.3 Å². The van der Waals surface area contributed by atoms with Gasteiger partial charge in [-0.25, -0.2) is 4.79 Å². The van der Waals surface area contributed by atoms with Crippen molar-refractivity contribution >= 4 is 22.6 Å². The highest BCUT2D eigenvalue weighted by atomic mass is 28.4. The Hall–Kier alpha value is -1.08. The molecule has 1 aromatic rings. The van der Waals surface area contributed by atoms with Gasteiger partial charge in [-0.2, -0.15) is 0 Å². The minimum Gasteiger partial charge on any atom is -0.453 e. The molecule has 1 heterocycles. The summed E-state index contributed by atoms with van der Waals surface area (Å²) in [7, 11) is -4.29. The van der Waals surface area contributed by atoms with Gasteiger partial charge in [-0.05, 0) is 48.4 Å². The van der Waals surface area contributed by atoms with Crippen molar-refractivity contribution in [1.29, 1.82) is 0 Å². The van der Waals surface area contributed by atoms with Crippen molar-refractivity contribution in [3.63, 3.8) is 0 Å². The minimum absolute atomic E-state index is 0.0913. The monoisotopic (exact) mass is 554 g/mol. The first-order valence-corrected chi connectivity index (χ1v) is 19.2. The Balaban J connectivity index is 2.30. The van der Waals surface area contributed by atoms with E-state index >= 15 is 0 Å². The number of hydrogen-bond donors (Lipinski definition) is 2. The van der Waals surface area contributed by atoms with Gasteiger partial charge in [0.05, 0.1) is 31.0 Å². The molecule has 0 aromatic heterocycles. The Morgan fingerprint density at radius 1 is 0.973 bits per heavy atom. The van der Waals surface area contributed by atoms with E-state index in [0.29, 0.717) is 12.2 Å². The van der Waals surface area contributed by atoms with E-state index in [4.69, 9.17) is 18.3 Å². The fourth-order valence-electron chi connectivity index (χ4n) is 3.67. The van der Waals surface area contributed by atoms with E-state index in [9.17, 15) is 15.0 Å². The van der Waals surface area contributed by atoms with Gasteiger partial charge in [0.2, 0.25) is 0 Å². The number of epoxide rings is 1. The summed E-state index contributed by atoms with van der Waals surface area (Å²) in [5.74, 6) is -0.777. The fraction of sp³-hybridized carbons (Fsp3) is 0.750. The standard InChI is InChI=1S/C28H50O7Si2/c1-19(23-22(33-23)18-32-36(8,9)27(2,3)4)24(35-37(10,11)28(5,6)7)25(21(30)17-29)34-26(31)20-15-13-12-14-16-20/h12-16,19,21-25,29-30H,17-18H2,1-11H3/t19-,21+,22+,23-,24+,25+/m0/s1. The zero-order valence-corrected chi connectivity index (χ0v) is 26.7. The molecule has 7 nitrogen and oxygen atoms in total. The lowest BCUT2D eigenvalue weighted by molar-refractivity contribution is -0.0990. The molecule has 2 rings (SSSR count). The van der Waals surface area contributed by atoms with Crippen LogP contribution in [0.25, 0.3) is 0 Å². The molecule has 1 aliphatic heterocycles. The van der Waals surface area contributed by atoms with Crippen LogP contribution in [-0.4, -0.2) is 76.6 Å². The predicted molar refractivity (Wildman–Crippen MR) is 152 cm³/mol. The molecule has 0 saturated carbocycles. The van der Waals surface area contributed by atoms with Crippen LogP contribution in [0, 0.1) is 5.92 Å². The minimum atomic E-state index is -2.36. The van der Waals surface area contributed by atoms with Gasteiger partial charge in [0, 0.05) is 5.92 Å². The van der Waals surface area contributed by atoms with Crippen molar-refractivity contribution in [3.05, 3.63) is 35.9 Å². The average molecular weight is 555 g/mol. The van der Waals surface area contributed by atoms with Crippen molar-refractivity contribution in [2.24, 2.45) is 5.92 Å². The molecular formula is C28H50O7Si2. The highest BCUT2D eigenvalue weighted by Gasteiger charge is 2.53. The van der Waals surface area contributed by atoms with Gasteiger partial charge in [0.1, 0.15) is 12.2 Å². The maximum absolute atomic E-state index is 13.0. The summed E-state index contributed by atoms with van der Waals surface area (Å²) in [4.78, 5) is 13.0. The molecule has 1 aliphatic rings. The number of benzene rings is 1. The molecule has 0 aliphatic carbocycles. The Bertz CT molecular complexity index is 877. The Morgan fingerprint density at radius 3 is 2.00 bits per heavy atom. The number of aliphatic hydroxyl groups excluding tert-OH is 2. The first-order valence-electron chi connectivity index (χ1n) is 13.3. The topological polar surface area (TPSA) is 97.8 Å². The molecule has 0 spiro atoms. The third-order valence-electron chi connectivity index (χ3n) is 8.45. The highest BCUT2D eigenvalue weighted by molar-refractivity contribution is 6.74. The number of carbonyl (C=O) groups excluding carboxylic acids is 1. The van der Waals surface area contributed by atoms with Crippen molar-refractivity contribution in [3.8, 4) is 0 Å². The normalized spacial score (nSPS) is 22.2. The fourth-order valence-corrected chi connectivity index (χ4v) is 6.07. The van der Waals surface area contributed by atoms with Crippen molar-refractivity contribution in [1.82, 2.24) is 0 Å². The molecule has 212 valence electrons. The highest BCUT2D eigenvalue weighted by Crippen LogP contribution is 2.43. The number of rotatable bonds is 12. The summed E-state index contributed by atoms with van der Waals surface area (Å²) in [6.07, 6.45) is -3.29. The molecule has 1 aromatic carbocycles. The van der Waals surface area contributed by atoms with Crippen LogP contribution < -0.4 is 0 Å². The molecule has 0 unspecified atom stereocenters. The molecule has 9 heteroatoms. The van der Waals surface area contributed by atoms with Crippen molar-refractivity contribution in [2.45, 2.75) is 115 Å². The second kappa shape index (κ2) is 12.0. The lowest BCUT2D eigenvalue weighted by atomic mass is 9.92. The van der Waals surface area contributed by atoms with Gasteiger partial charge in [0.25, 0.3) is 0 Å². The van der Waals surface area contributed by atoms with Gasteiger partial charge in [-0.3, -0.25) is 0 Å². The van der Waals surface area contributed by atoms with E-state index in [0.717, 1.165) is 0 Å². The Kier molecular flexibility index (Phi) is 10.4. The van der Waals surface area contributed by atoms with Crippen LogP contribution >= 0.6 is 0 Å². The number of carbonyl (C=O) groups is 1. The van der Waals surface area contributed by atoms with Crippen LogP contribution in [0.4, 0.5) is 0 Å². The molecule has 0 amide bonds. The van der Waals surface area contributed by atoms with Crippen LogP contribution in [-0.2, 0) is 18.3 Å². The predicted octanol–water partition coefficient (Wildman–Crippen LogP) is 5.38. The third kappa shape index (κ3) is 8.21. The number of aliphatic hydroxyl groups is 2. The maximum Gasteiger partial charge on any atom is 0.338 e. The third-order valence-corrected chi connectivity index (χ3v) is 17.4. The van der Waals surface area contributed by atoms with Crippen LogP contribution in [0.5, 0.6) is 0 Å². The molecule has 6 atom stereocenters. The average Bonchev–Trinajstić information content (AvgIpc) is 3.57. The Labute approximate surface area is 226 Å². The summed E-state index contributed by atoms with van der Waals surface area (Å²) < 4.78 is 25.1. The summed E-state index contributed by atoms with van der Waals surface area (Å²) in [5.41, 5.74) is 0.375. The quantitative estimate of drug-likeness (QED) is 0.203. The van der Waals surface area contributed by atoms with Crippen molar-refractivity contribution in [2.75, 3.05) is 13.2 Å². The van der Waals surface area contributed by atoms with Crippen LogP contribution in [0.2, 0.25) is 36.3 Å². The zero-order valence-electron chi connectivity index (χ0n) is 24.7. The summed E-state index contributed by atoms with van der Waals surface area (Å²) in [6.45, 7) is 23.7. The number of hydrogen-bond acceptors (Lipinski definition) is 7. The largest absolute Gasteiger partial charge is 0.453 e. The number of esters is 1.